The molecule has 0 spiro atoms. The van der Waals surface area contributed by atoms with E-state index in [4.69, 9.17) is 0 Å². The van der Waals surface area contributed by atoms with Gasteiger partial charge in [-0.1, -0.05) is 6.92 Å². The Morgan fingerprint density at radius 3 is 2.57 bits per heavy atom. The van der Waals surface area contributed by atoms with Crippen LogP contribution in [0.5, 0.6) is 0 Å². The Kier molecular flexibility index (Phi) is 4.29. The Morgan fingerprint density at radius 1 is 1.48 bits per heavy atom. The van der Waals surface area contributed by atoms with Crippen LogP contribution in [0.3, 0.4) is 0 Å². The van der Waals surface area contributed by atoms with Gasteiger partial charge in [-0.05, 0) is 6.92 Å². The number of nitrogens with one attached hydrogen (secondary N) is 1. The average Bonchev–Trinajstić information content (AvgIpc) is 2.59. The monoisotopic (exact) mass is 314 g/mol. The molecule has 2 rings (SSSR count). The lowest BCUT2D eigenvalue weighted by molar-refractivity contribution is -0.163. The molecule has 8 heteroatoms. The first-order valence-electron chi connectivity index (χ1n) is 6.63. The summed E-state index contributed by atoms with van der Waals surface area (Å²) in [5, 5.41) is 21.6. The number of hydrogen-bond acceptors (Lipinski definition) is 5. The van der Waals surface area contributed by atoms with E-state index in [1.807, 2.05) is 6.92 Å². The van der Waals surface area contributed by atoms with E-state index in [1.54, 1.807) is 0 Å². The van der Waals surface area contributed by atoms with Gasteiger partial charge in [0.2, 0.25) is 11.8 Å². The standard InChI is InChI=1S/C13H18N2O5S/c1-5-9-8(6(2)16)12(18)15(9)10(13(19)20)11(5)21-4-14-7(3)17/h5-6,8-9,16H,4H2,1-3H3,(H,14,17)(H,19,20). The highest BCUT2D eigenvalue weighted by Gasteiger charge is 2.59. The van der Waals surface area contributed by atoms with Crippen LogP contribution in [-0.2, 0) is 14.4 Å². The molecule has 1 saturated heterocycles. The quantitative estimate of drug-likeness (QED) is 0.486. The zero-order valence-corrected chi connectivity index (χ0v) is 12.8. The number of fused-ring (bicyclic) bond motifs is 1. The molecule has 116 valence electrons. The second kappa shape index (κ2) is 5.69. The van der Waals surface area contributed by atoms with Gasteiger partial charge in [-0.2, -0.15) is 0 Å². The van der Waals surface area contributed by atoms with Crippen molar-refractivity contribution >= 4 is 29.5 Å². The molecular formula is C13H18N2O5S. The molecule has 21 heavy (non-hydrogen) atoms. The lowest BCUT2D eigenvalue weighted by Crippen LogP contribution is -2.63. The third-order valence-corrected chi connectivity index (χ3v) is 5.02. The number of nitrogens with zero attached hydrogens (tertiary/aromatic N) is 1. The summed E-state index contributed by atoms with van der Waals surface area (Å²) in [6.07, 6.45) is -0.809. The van der Waals surface area contributed by atoms with E-state index < -0.39 is 18.0 Å². The predicted octanol–water partition coefficient (Wildman–Crippen LogP) is -0.0331. The molecule has 0 saturated carbocycles. The Balaban J connectivity index is 2.23. The molecule has 2 heterocycles. The number of carbonyl (C=O) groups excluding carboxylic acids is 2. The summed E-state index contributed by atoms with van der Waals surface area (Å²) in [5.41, 5.74) is -0.0234. The summed E-state index contributed by atoms with van der Waals surface area (Å²) >= 11 is 1.21. The van der Waals surface area contributed by atoms with Crippen LogP contribution in [-0.4, -0.2) is 50.9 Å². The fourth-order valence-electron chi connectivity index (χ4n) is 2.93. The van der Waals surface area contributed by atoms with E-state index in [1.165, 1.54) is 30.5 Å². The minimum atomic E-state index is -1.16. The number of thioether (sulfide) groups is 1. The molecule has 1 fully saturated rings. The summed E-state index contributed by atoms with van der Waals surface area (Å²) in [4.78, 5) is 36.2. The van der Waals surface area contributed by atoms with Crippen molar-refractivity contribution in [2.75, 3.05) is 5.88 Å². The van der Waals surface area contributed by atoms with Crippen molar-refractivity contribution in [3.8, 4) is 0 Å². The second-order valence-corrected chi connectivity index (χ2v) is 6.31. The first-order chi connectivity index (χ1) is 9.77. The maximum Gasteiger partial charge on any atom is 0.353 e. The van der Waals surface area contributed by atoms with Gasteiger partial charge in [-0.15, -0.1) is 11.8 Å². The number of aliphatic hydroxyl groups is 1. The summed E-state index contributed by atoms with van der Waals surface area (Å²) in [5.74, 6) is -2.20. The number of amides is 2. The van der Waals surface area contributed by atoms with Crippen LogP contribution in [0.25, 0.3) is 0 Å². The van der Waals surface area contributed by atoms with E-state index in [2.05, 4.69) is 5.32 Å². The molecule has 0 radical (unpaired) electrons. The minimum Gasteiger partial charge on any atom is -0.477 e. The third kappa shape index (κ3) is 2.53. The summed E-state index contributed by atoms with van der Waals surface area (Å²) < 4.78 is 0. The Bertz CT molecular complexity index is 531. The van der Waals surface area contributed by atoms with Gasteiger partial charge in [0.05, 0.1) is 23.9 Å². The largest absolute Gasteiger partial charge is 0.477 e. The number of aliphatic hydroxyl groups excluding tert-OH is 1. The lowest BCUT2D eigenvalue weighted by atomic mass is 9.79. The molecule has 4 unspecified atom stereocenters. The zero-order chi connectivity index (χ0) is 15.9. The van der Waals surface area contributed by atoms with Gasteiger partial charge >= 0.3 is 5.97 Å². The van der Waals surface area contributed by atoms with E-state index >= 15 is 0 Å². The highest BCUT2D eigenvalue weighted by Crippen LogP contribution is 2.50. The molecule has 0 aromatic carbocycles. The smallest absolute Gasteiger partial charge is 0.353 e. The highest BCUT2D eigenvalue weighted by atomic mass is 32.2. The Labute approximate surface area is 126 Å². The molecule has 3 N–H and O–H groups in total. The number of β-lactam (4-membered cyclic amide) rings is 1. The summed E-state index contributed by atoms with van der Waals surface area (Å²) in [7, 11) is 0. The number of rotatable bonds is 5. The number of carboxylic acids is 1. The van der Waals surface area contributed by atoms with E-state index in [-0.39, 0.29) is 35.3 Å². The van der Waals surface area contributed by atoms with Crippen molar-refractivity contribution in [1.82, 2.24) is 10.2 Å². The van der Waals surface area contributed by atoms with Crippen molar-refractivity contribution in [3.63, 3.8) is 0 Å². The van der Waals surface area contributed by atoms with Crippen LogP contribution >= 0.6 is 11.8 Å². The van der Waals surface area contributed by atoms with Crippen LogP contribution < -0.4 is 5.32 Å². The SMILES string of the molecule is CC(=O)NCSC1=C(C(=O)O)N2C(=O)C(C(C)O)C2C1C. The van der Waals surface area contributed by atoms with Crippen molar-refractivity contribution < 1.29 is 24.6 Å². The molecule has 0 aliphatic carbocycles. The maximum absolute atomic E-state index is 12.1. The van der Waals surface area contributed by atoms with Crippen molar-refractivity contribution in [2.45, 2.75) is 32.9 Å². The fraction of sp³-hybridized carbons (Fsp3) is 0.615. The van der Waals surface area contributed by atoms with Crippen molar-refractivity contribution in [1.29, 1.82) is 0 Å². The van der Waals surface area contributed by atoms with Gasteiger partial charge in [0.1, 0.15) is 5.70 Å². The lowest BCUT2D eigenvalue weighted by Gasteiger charge is -2.46. The van der Waals surface area contributed by atoms with Crippen molar-refractivity contribution in [2.24, 2.45) is 11.8 Å². The van der Waals surface area contributed by atoms with Gasteiger partial charge in [-0.25, -0.2) is 4.79 Å². The summed E-state index contributed by atoms with van der Waals surface area (Å²) in [6, 6.07) is -0.316. The predicted molar refractivity (Wildman–Crippen MR) is 75.9 cm³/mol. The molecule has 0 bridgehead atoms. The normalized spacial score (nSPS) is 29.0. The van der Waals surface area contributed by atoms with Gasteiger partial charge in [-0.3, -0.25) is 9.59 Å². The number of carboxylic acid groups (broad SMARTS) is 1. The fourth-order valence-corrected chi connectivity index (χ4v) is 4.09. The number of aliphatic carboxylic acids is 1. The molecule has 0 aromatic rings. The molecule has 0 aromatic heterocycles. The van der Waals surface area contributed by atoms with Crippen LogP contribution in [0.4, 0.5) is 0 Å². The van der Waals surface area contributed by atoms with Gasteiger partial charge in [0.15, 0.2) is 0 Å². The first kappa shape index (κ1) is 15.8. The van der Waals surface area contributed by atoms with E-state index in [0.29, 0.717) is 4.91 Å². The van der Waals surface area contributed by atoms with Gasteiger partial charge in [0.25, 0.3) is 0 Å². The molecule has 2 aliphatic rings. The molecule has 4 atom stereocenters. The van der Waals surface area contributed by atoms with E-state index in [0.717, 1.165) is 0 Å². The Morgan fingerprint density at radius 2 is 2.10 bits per heavy atom. The van der Waals surface area contributed by atoms with Gasteiger partial charge in [0, 0.05) is 17.7 Å². The van der Waals surface area contributed by atoms with E-state index in [9.17, 15) is 24.6 Å². The van der Waals surface area contributed by atoms with Crippen LogP contribution in [0, 0.1) is 11.8 Å². The van der Waals surface area contributed by atoms with Crippen molar-refractivity contribution in [3.05, 3.63) is 10.6 Å². The van der Waals surface area contributed by atoms with Crippen LogP contribution in [0.1, 0.15) is 20.8 Å². The molecular weight excluding hydrogens is 296 g/mol. The summed E-state index contributed by atoms with van der Waals surface area (Å²) in [6.45, 7) is 4.76. The number of hydrogen-bond donors (Lipinski definition) is 3. The zero-order valence-electron chi connectivity index (χ0n) is 12.0. The third-order valence-electron chi connectivity index (χ3n) is 3.86. The van der Waals surface area contributed by atoms with Crippen LogP contribution in [0.15, 0.2) is 10.6 Å². The topological polar surface area (TPSA) is 107 Å². The molecule has 2 amide bonds. The first-order valence-corrected chi connectivity index (χ1v) is 7.61. The minimum absolute atomic E-state index is 0.0234. The average molecular weight is 314 g/mol. The van der Waals surface area contributed by atoms with Gasteiger partial charge < -0.3 is 20.4 Å². The number of carbonyl (C=O) groups is 3. The highest BCUT2D eigenvalue weighted by molar-refractivity contribution is 8.03. The maximum atomic E-state index is 12.1. The Hall–Kier alpha value is -1.54. The molecule has 2 aliphatic heterocycles. The second-order valence-electron chi connectivity index (χ2n) is 5.29. The molecule has 7 nitrogen and oxygen atoms in total. The van der Waals surface area contributed by atoms with Crippen LogP contribution in [0.2, 0.25) is 0 Å².